The molecule has 1 aliphatic rings. The Bertz CT molecular complexity index is 2050. The molecule has 2 atom stereocenters. The molecule has 1 aliphatic carbocycles. The Hall–Kier alpha value is -4.14. The van der Waals surface area contributed by atoms with Gasteiger partial charge in [0.25, 0.3) is 0 Å². The molecule has 0 bridgehead atoms. The molecule has 1 nitrogen and oxygen atoms in total. The van der Waals surface area contributed by atoms with Crippen molar-refractivity contribution in [2.75, 3.05) is 6.61 Å². The lowest BCUT2D eigenvalue weighted by molar-refractivity contribution is 0.353. The zero-order valence-electron chi connectivity index (χ0n) is 35.3. The summed E-state index contributed by atoms with van der Waals surface area (Å²) in [6.45, 7) is 33.1. The summed E-state index contributed by atoms with van der Waals surface area (Å²) >= 11 is 0. The van der Waals surface area contributed by atoms with Gasteiger partial charge < -0.3 is 4.74 Å². The summed E-state index contributed by atoms with van der Waals surface area (Å²) < 4.78 is 6.85. The van der Waals surface area contributed by atoms with E-state index in [2.05, 4.69) is 186 Å². The maximum absolute atomic E-state index is 6.85. The molecule has 0 spiro atoms. The van der Waals surface area contributed by atoms with Crippen molar-refractivity contribution >= 4 is 13.3 Å². The molecule has 0 aliphatic heterocycles. The SMILES string of the molecule is C=CCOc1c(C(C)(C)C)cc(C(C)(C)C)cc1[Si](C)(C)C1c2cc(-c3ccccc3C(C)CC)ccc2-c2ccc(-c3ccccc3C(C)CC)cc21. The van der Waals surface area contributed by atoms with Gasteiger partial charge in [0, 0.05) is 5.54 Å². The van der Waals surface area contributed by atoms with Gasteiger partial charge in [-0.1, -0.05) is 192 Å². The fourth-order valence-corrected chi connectivity index (χ4v) is 12.4. The van der Waals surface area contributed by atoms with Crippen molar-refractivity contribution in [3.63, 3.8) is 0 Å². The van der Waals surface area contributed by atoms with Crippen LogP contribution in [0.15, 0.2) is 110 Å². The van der Waals surface area contributed by atoms with Crippen LogP contribution in [0.4, 0.5) is 0 Å². The number of rotatable bonds is 11. The molecule has 0 radical (unpaired) electrons. The summed E-state index contributed by atoms with van der Waals surface area (Å²) in [6, 6.07) is 37.8. The highest BCUT2D eigenvalue weighted by molar-refractivity contribution is 6.92. The summed E-state index contributed by atoms with van der Waals surface area (Å²) in [5.41, 5.74) is 16.6. The second-order valence-corrected chi connectivity index (χ2v) is 23.1. The van der Waals surface area contributed by atoms with E-state index in [1.54, 1.807) is 0 Å². The Morgan fingerprint density at radius 2 is 1.13 bits per heavy atom. The van der Waals surface area contributed by atoms with Gasteiger partial charge in [0.15, 0.2) is 0 Å². The zero-order valence-corrected chi connectivity index (χ0v) is 36.3. The van der Waals surface area contributed by atoms with Crippen molar-refractivity contribution in [1.29, 1.82) is 0 Å². The molecule has 6 rings (SSSR count). The van der Waals surface area contributed by atoms with Gasteiger partial charge in [0.1, 0.15) is 12.4 Å². The first-order chi connectivity index (χ1) is 25.5. The van der Waals surface area contributed by atoms with E-state index in [0.717, 1.165) is 18.6 Å². The largest absolute Gasteiger partial charge is 0.489 e. The molecule has 0 aromatic heterocycles. The van der Waals surface area contributed by atoms with Crippen LogP contribution in [-0.2, 0) is 10.8 Å². The van der Waals surface area contributed by atoms with Crippen LogP contribution in [0.3, 0.4) is 0 Å². The third-order valence-electron chi connectivity index (χ3n) is 12.4. The van der Waals surface area contributed by atoms with E-state index in [-0.39, 0.29) is 16.4 Å². The maximum atomic E-state index is 6.85. The van der Waals surface area contributed by atoms with Crippen LogP contribution < -0.4 is 9.92 Å². The molecule has 282 valence electrons. The summed E-state index contributed by atoms with van der Waals surface area (Å²) in [7, 11) is -2.46. The number of fused-ring (bicyclic) bond motifs is 3. The minimum absolute atomic E-state index is 0.0125. The van der Waals surface area contributed by atoms with Crippen molar-refractivity contribution in [2.24, 2.45) is 0 Å². The molecule has 0 N–H and O–H groups in total. The van der Waals surface area contributed by atoms with Gasteiger partial charge in [-0.15, -0.1) is 0 Å². The monoisotopic (exact) mass is 732 g/mol. The van der Waals surface area contributed by atoms with E-state index in [4.69, 9.17) is 4.74 Å². The number of hydrogen-bond donors (Lipinski definition) is 0. The lowest BCUT2D eigenvalue weighted by Gasteiger charge is -2.37. The number of benzene rings is 5. The van der Waals surface area contributed by atoms with Gasteiger partial charge in [0.2, 0.25) is 0 Å². The highest BCUT2D eigenvalue weighted by atomic mass is 28.3. The van der Waals surface area contributed by atoms with Crippen molar-refractivity contribution in [2.45, 2.75) is 123 Å². The lowest BCUT2D eigenvalue weighted by atomic mass is 9.80. The summed E-state index contributed by atoms with van der Waals surface area (Å²) in [4.78, 5) is 0. The normalized spacial score (nSPS) is 15.4. The van der Waals surface area contributed by atoms with Gasteiger partial charge in [-0.3, -0.25) is 0 Å². The summed E-state index contributed by atoms with van der Waals surface area (Å²) in [5.74, 6) is 2.04. The van der Waals surface area contributed by atoms with Crippen LogP contribution in [0.5, 0.6) is 5.75 Å². The average molecular weight is 733 g/mol. The number of hydrogen-bond acceptors (Lipinski definition) is 1. The van der Waals surface area contributed by atoms with Crippen LogP contribution >= 0.6 is 0 Å². The van der Waals surface area contributed by atoms with Crippen LogP contribution in [0, 0.1) is 0 Å². The molecule has 5 aromatic rings. The van der Waals surface area contributed by atoms with Gasteiger partial charge in [-0.2, -0.15) is 0 Å². The van der Waals surface area contributed by atoms with E-state index < -0.39 is 8.07 Å². The Morgan fingerprint density at radius 1 is 0.648 bits per heavy atom. The molecule has 5 aromatic carbocycles. The molecule has 0 saturated carbocycles. The molecule has 0 amide bonds. The predicted molar refractivity (Wildman–Crippen MR) is 239 cm³/mol. The Kier molecular flexibility index (Phi) is 11.1. The van der Waals surface area contributed by atoms with Crippen molar-refractivity contribution in [3.05, 3.63) is 143 Å². The Morgan fingerprint density at radius 3 is 1.56 bits per heavy atom. The molecule has 54 heavy (non-hydrogen) atoms. The van der Waals surface area contributed by atoms with Crippen molar-refractivity contribution in [1.82, 2.24) is 0 Å². The molecule has 0 heterocycles. The topological polar surface area (TPSA) is 9.23 Å². The minimum atomic E-state index is -2.46. The van der Waals surface area contributed by atoms with Crippen LogP contribution in [0.25, 0.3) is 33.4 Å². The molecular weight excluding hydrogens is 669 g/mol. The summed E-state index contributed by atoms with van der Waals surface area (Å²) in [5, 5.41) is 1.40. The first kappa shape index (κ1) is 39.5. The Balaban J connectivity index is 1.67. The van der Waals surface area contributed by atoms with E-state index in [0.29, 0.717) is 18.4 Å². The fraction of sp³-hybridized carbons (Fsp3) is 0.385. The van der Waals surface area contributed by atoms with Crippen LogP contribution in [-0.4, -0.2) is 14.7 Å². The predicted octanol–water partition coefficient (Wildman–Crippen LogP) is 14.5. The summed E-state index contributed by atoms with van der Waals surface area (Å²) in [6.07, 6.45) is 4.12. The van der Waals surface area contributed by atoms with Crippen LogP contribution in [0.1, 0.15) is 133 Å². The first-order valence-corrected chi connectivity index (χ1v) is 23.5. The number of ether oxygens (including phenoxy) is 1. The third kappa shape index (κ3) is 7.31. The van der Waals surface area contributed by atoms with Gasteiger partial charge in [-0.05, 0) is 107 Å². The average Bonchev–Trinajstić information content (AvgIpc) is 3.49. The minimum Gasteiger partial charge on any atom is -0.489 e. The molecular formula is C52H64OSi. The second kappa shape index (κ2) is 15.2. The highest BCUT2D eigenvalue weighted by Crippen LogP contribution is 2.52. The zero-order chi connectivity index (χ0) is 39.2. The first-order valence-electron chi connectivity index (χ1n) is 20.4. The fourth-order valence-electron chi connectivity index (χ4n) is 8.74. The van der Waals surface area contributed by atoms with Gasteiger partial charge in [0.05, 0.1) is 8.07 Å². The molecule has 2 heteroatoms. The third-order valence-corrected chi connectivity index (χ3v) is 16.2. The van der Waals surface area contributed by atoms with Gasteiger partial charge >= 0.3 is 0 Å². The smallest absolute Gasteiger partial charge is 0.122 e. The molecule has 0 saturated heterocycles. The molecule has 0 fully saturated rings. The second-order valence-electron chi connectivity index (χ2n) is 18.6. The van der Waals surface area contributed by atoms with Gasteiger partial charge in [-0.25, -0.2) is 0 Å². The maximum Gasteiger partial charge on any atom is 0.122 e. The van der Waals surface area contributed by atoms with E-state index >= 15 is 0 Å². The lowest BCUT2D eigenvalue weighted by Crippen LogP contribution is -2.49. The van der Waals surface area contributed by atoms with Crippen molar-refractivity contribution in [3.8, 4) is 39.1 Å². The van der Waals surface area contributed by atoms with E-state index in [1.807, 2.05) is 6.08 Å². The van der Waals surface area contributed by atoms with E-state index in [1.165, 1.54) is 71.9 Å². The Labute approximate surface area is 328 Å². The standard InChI is InChI=1S/C52H64OSi/c1-14-29-53-49-47(52(9,10)11)32-38(51(6,7)8)33-48(49)54(12,13)50-45-30-36(41-23-19-17-21-39(41)34(4)15-2)25-27-43(45)44-28-26-37(31-46(44)50)42-24-20-18-22-40(42)35(5)16-3/h14,17-28,30-35,50H,1,15-16,29H2,2-13H3. The van der Waals surface area contributed by atoms with E-state index in [9.17, 15) is 0 Å². The quantitative estimate of drug-likeness (QED) is 0.0970. The van der Waals surface area contributed by atoms with Crippen LogP contribution in [0.2, 0.25) is 13.1 Å². The molecule has 2 unspecified atom stereocenters. The van der Waals surface area contributed by atoms with Crippen molar-refractivity contribution < 1.29 is 4.74 Å². The highest BCUT2D eigenvalue weighted by Gasteiger charge is 2.45.